The van der Waals surface area contributed by atoms with Crippen molar-refractivity contribution in [2.45, 2.75) is 6.42 Å². The van der Waals surface area contributed by atoms with Crippen LogP contribution in [0.1, 0.15) is 15.9 Å². The fourth-order valence-electron chi connectivity index (χ4n) is 1.62. The first kappa shape index (κ1) is 12.8. The van der Waals surface area contributed by atoms with Gasteiger partial charge in [0.1, 0.15) is 12.0 Å². The lowest BCUT2D eigenvalue weighted by Crippen LogP contribution is -2.01. The van der Waals surface area contributed by atoms with Gasteiger partial charge in [0.2, 0.25) is 0 Å². The molecule has 0 radical (unpaired) electrons. The molecule has 2 nitrogen and oxygen atoms in total. The van der Waals surface area contributed by atoms with E-state index in [1.165, 1.54) is 5.56 Å². The van der Waals surface area contributed by atoms with E-state index in [-0.39, 0.29) is 0 Å². The summed E-state index contributed by atoms with van der Waals surface area (Å²) in [4.78, 5) is 10.5. The number of hydrogen-bond acceptors (Lipinski definition) is 2. The molecule has 2 aromatic rings. The molecule has 0 fully saturated rings. The van der Waals surface area contributed by atoms with E-state index >= 15 is 0 Å². The Morgan fingerprint density at radius 1 is 1.06 bits per heavy atom. The van der Waals surface area contributed by atoms with Crippen molar-refractivity contribution >= 4 is 22.2 Å². The Kier molecular flexibility index (Phi) is 4.53. The first-order chi connectivity index (χ1) is 8.79. The second kappa shape index (κ2) is 6.36. The van der Waals surface area contributed by atoms with Crippen molar-refractivity contribution in [3.63, 3.8) is 0 Å². The highest BCUT2D eigenvalue weighted by Crippen LogP contribution is 2.17. The zero-order chi connectivity index (χ0) is 12.8. The predicted octanol–water partition coefficient (Wildman–Crippen LogP) is 3.88. The van der Waals surface area contributed by atoms with Crippen LogP contribution in [-0.2, 0) is 6.42 Å². The Morgan fingerprint density at radius 2 is 1.78 bits per heavy atom. The molecule has 0 unspecified atom stereocenters. The maximum Gasteiger partial charge on any atom is 0.150 e. The largest absolute Gasteiger partial charge is 0.493 e. The normalized spacial score (nSPS) is 10.1. The van der Waals surface area contributed by atoms with Crippen LogP contribution in [-0.4, -0.2) is 12.9 Å². The highest BCUT2D eigenvalue weighted by molar-refractivity contribution is 9.10. The second-order valence-electron chi connectivity index (χ2n) is 3.88. The van der Waals surface area contributed by atoms with Crippen LogP contribution in [0.15, 0.2) is 53.0 Å². The van der Waals surface area contributed by atoms with Crippen molar-refractivity contribution in [3.05, 3.63) is 64.1 Å². The van der Waals surface area contributed by atoms with Crippen molar-refractivity contribution in [2.24, 2.45) is 0 Å². The zero-order valence-corrected chi connectivity index (χ0v) is 11.4. The van der Waals surface area contributed by atoms with Crippen LogP contribution in [0.4, 0.5) is 0 Å². The van der Waals surface area contributed by atoms with Crippen molar-refractivity contribution in [2.75, 3.05) is 6.61 Å². The van der Waals surface area contributed by atoms with E-state index in [0.29, 0.717) is 12.2 Å². The summed E-state index contributed by atoms with van der Waals surface area (Å²) in [6.45, 7) is 0.614. The fraction of sp³-hybridized carbons (Fsp3) is 0.133. The molecule has 0 aliphatic heterocycles. The lowest BCUT2D eigenvalue weighted by Gasteiger charge is -2.07. The molecular weight excluding hydrogens is 292 g/mol. The van der Waals surface area contributed by atoms with Crippen LogP contribution >= 0.6 is 15.9 Å². The van der Waals surface area contributed by atoms with E-state index in [4.69, 9.17) is 4.74 Å². The lowest BCUT2D eigenvalue weighted by atomic mass is 10.2. The number of hydrogen-bond donors (Lipinski definition) is 0. The van der Waals surface area contributed by atoms with Crippen LogP contribution in [0.3, 0.4) is 0 Å². The van der Waals surface area contributed by atoms with Crippen molar-refractivity contribution in [3.8, 4) is 5.75 Å². The molecule has 18 heavy (non-hydrogen) atoms. The van der Waals surface area contributed by atoms with Crippen molar-refractivity contribution in [1.29, 1.82) is 0 Å². The van der Waals surface area contributed by atoms with Gasteiger partial charge < -0.3 is 4.74 Å². The van der Waals surface area contributed by atoms with E-state index in [2.05, 4.69) is 22.0 Å². The SMILES string of the molecule is O=Cc1ccc(OCCc2ccccc2Br)cc1. The Hall–Kier alpha value is -1.61. The highest BCUT2D eigenvalue weighted by Gasteiger charge is 1.99. The first-order valence-corrected chi connectivity index (χ1v) is 6.50. The molecule has 0 saturated carbocycles. The third kappa shape index (κ3) is 3.44. The van der Waals surface area contributed by atoms with E-state index in [9.17, 15) is 4.79 Å². The molecular formula is C15H13BrO2. The van der Waals surface area contributed by atoms with Crippen molar-refractivity contribution in [1.82, 2.24) is 0 Å². The minimum Gasteiger partial charge on any atom is -0.493 e. The molecule has 0 spiro atoms. The first-order valence-electron chi connectivity index (χ1n) is 5.71. The highest BCUT2D eigenvalue weighted by atomic mass is 79.9. The van der Waals surface area contributed by atoms with Crippen LogP contribution in [0.2, 0.25) is 0 Å². The van der Waals surface area contributed by atoms with Crippen LogP contribution in [0.25, 0.3) is 0 Å². The van der Waals surface area contributed by atoms with Crippen molar-refractivity contribution < 1.29 is 9.53 Å². The van der Waals surface area contributed by atoms with Gasteiger partial charge in [-0.2, -0.15) is 0 Å². The average Bonchev–Trinajstić information content (AvgIpc) is 2.42. The molecule has 0 bridgehead atoms. The third-order valence-corrected chi connectivity index (χ3v) is 3.39. The summed E-state index contributed by atoms with van der Waals surface area (Å²) < 4.78 is 6.73. The standard InChI is InChI=1S/C15H13BrO2/c16-15-4-2-1-3-13(15)9-10-18-14-7-5-12(11-17)6-8-14/h1-8,11H,9-10H2. The van der Waals surface area contributed by atoms with E-state index in [1.54, 1.807) is 12.1 Å². The second-order valence-corrected chi connectivity index (χ2v) is 4.73. The molecule has 0 amide bonds. The maximum atomic E-state index is 10.5. The topological polar surface area (TPSA) is 26.3 Å². The Bertz CT molecular complexity index is 520. The van der Waals surface area contributed by atoms with Gasteiger partial charge in [0.05, 0.1) is 6.61 Å². The van der Waals surface area contributed by atoms with Gasteiger partial charge in [-0.05, 0) is 35.9 Å². The maximum absolute atomic E-state index is 10.5. The van der Waals surface area contributed by atoms with Gasteiger partial charge in [0.15, 0.2) is 0 Å². The molecule has 2 rings (SSSR count). The molecule has 3 heteroatoms. The number of carbonyl (C=O) groups excluding carboxylic acids is 1. The van der Waals surface area contributed by atoms with E-state index < -0.39 is 0 Å². The average molecular weight is 305 g/mol. The molecule has 0 aliphatic rings. The van der Waals surface area contributed by atoms with Crippen LogP contribution in [0, 0.1) is 0 Å². The van der Waals surface area contributed by atoms with E-state index in [1.807, 2.05) is 30.3 Å². The number of benzene rings is 2. The molecule has 2 aromatic carbocycles. The molecule has 92 valence electrons. The quantitative estimate of drug-likeness (QED) is 0.784. The third-order valence-electron chi connectivity index (χ3n) is 2.61. The minimum atomic E-state index is 0.614. The summed E-state index contributed by atoms with van der Waals surface area (Å²) in [5.41, 5.74) is 1.88. The van der Waals surface area contributed by atoms with Gasteiger partial charge in [-0.1, -0.05) is 34.1 Å². The number of ether oxygens (including phenoxy) is 1. The van der Waals surface area contributed by atoms with E-state index in [0.717, 1.165) is 22.9 Å². The van der Waals surface area contributed by atoms with Gasteiger partial charge >= 0.3 is 0 Å². The fourth-order valence-corrected chi connectivity index (χ4v) is 2.11. The van der Waals surface area contributed by atoms with Crippen LogP contribution in [0.5, 0.6) is 5.75 Å². The predicted molar refractivity (Wildman–Crippen MR) is 75.2 cm³/mol. The summed E-state index contributed by atoms with van der Waals surface area (Å²) in [5, 5.41) is 0. The molecule has 0 atom stereocenters. The number of rotatable bonds is 5. The lowest BCUT2D eigenvalue weighted by molar-refractivity contribution is 0.112. The molecule has 0 heterocycles. The summed E-state index contributed by atoms with van der Waals surface area (Å²) in [6.07, 6.45) is 1.67. The van der Waals surface area contributed by atoms with Gasteiger partial charge in [-0.15, -0.1) is 0 Å². The monoisotopic (exact) mass is 304 g/mol. The Morgan fingerprint density at radius 3 is 2.44 bits per heavy atom. The van der Waals surface area contributed by atoms with Gasteiger partial charge in [0, 0.05) is 16.5 Å². The van der Waals surface area contributed by atoms with Crippen LogP contribution < -0.4 is 4.74 Å². The summed E-state index contributed by atoms with van der Waals surface area (Å²) in [7, 11) is 0. The summed E-state index contributed by atoms with van der Waals surface area (Å²) >= 11 is 3.51. The Balaban J connectivity index is 1.88. The number of aldehydes is 1. The molecule has 0 N–H and O–H groups in total. The minimum absolute atomic E-state index is 0.614. The van der Waals surface area contributed by atoms with Gasteiger partial charge in [0.25, 0.3) is 0 Å². The molecule has 0 aliphatic carbocycles. The van der Waals surface area contributed by atoms with Gasteiger partial charge in [-0.3, -0.25) is 4.79 Å². The zero-order valence-electron chi connectivity index (χ0n) is 9.80. The molecule has 0 aromatic heterocycles. The number of carbonyl (C=O) groups is 1. The summed E-state index contributed by atoms with van der Waals surface area (Å²) in [6, 6.07) is 15.2. The molecule has 0 saturated heterocycles. The summed E-state index contributed by atoms with van der Waals surface area (Å²) in [5.74, 6) is 0.785. The van der Waals surface area contributed by atoms with Gasteiger partial charge in [-0.25, -0.2) is 0 Å². The number of halogens is 1. The Labute approximate surface area is 115 Å². The smallest absolute Gasteiger partial charge is 0.150 e.